The third-order valence-electron chi connectivity index (χ3n) is 9.02. The number of carbonyl (C=O) groups excluding carboxylic acids is 5. The van der Waals surface area contributed by atoms with E-state index in [1.54, 1.807) is 19.9 Å². The highest BCUT2D eigenvalue weighted by molar-refractivity contribution is 5.96. The van der Waals surface area contributed by atoms with E-state index in [1.165, 1.54) is 0 Å². The molecule has 4 rings (SSSR count). The minimum Gasteiger partial charge on any atom is -0.457 e. The number of esters is 2. The van der Waals surface area contributed by atoms with Crippen LogP contribution in [0.1, 0.15) is 72.6 Å². The first kappa shape index (κ1) is 24.6. The molecule has 6 atom stereocenters. The predicted octanol–water partition coefficient (Wildman–Crippen LogP) is 3.69. The summed E-state index contributed by atoms with van der Waals surface area (Å²) in [7, 11) is 0. The van der Waals surface area contributed by atoms with Gasteiger partial charge in [0.25, 0.3) is 0 Å². The number of rotatable bonds is 6. The largest absolute Gasteiger partial charge is 0.457 e. The minimum absolute atomic E-state index is 0.0352. The lowest BCUT2D eigenvalue weighted by Gasteiger charge is -2.56. The molecule has 4 aliphatic rings. The number of ether oxygens (including phenoxy) is 2. The molecule has 7 nitrogen and oxygen atoms in total. The Morgan fingerprint density at radius 2 is 1.76 bits per heavy atom. The van der Waals surface area contributed by atoms with Crippen molar-refractivity contribution in [2.45, 2.75) is 78.2 Å². The third kappa shape index (κ3) is 3.50. The predicted molar refractivity (Wildman–Crippen MR) is 122 cm³/mol. The van der Waals surface area contributed by atoms with Crippen molar-refractivity contribution in [1.29, 1.82) is 0 Å². The second kappa shape index (κ2) is 8.58. The van der Waals surface area contributed by atoms with Crippen LogP contribution in [-0.2, 0) is 33.4 Å². The number of allylic oxidation sites excluding steroid dienone is 4. The van der Waals surface area contributed by atoms with Gasteiger partial charge in [-0.1, -0.05) is 39.8 Å². The van der Waals surface area contributed by atoms with Crippen molar-refractivity contribution in [3.05, 3.63) is 23.8 Å². The molecule has 34 heavy (non-hydrogen) atoms. The second-order valence-electron chi connectivity index (χ2n) is 10.7. The van der Waals surface area contributed by atoms with Crippen LogP contribution in [0.3, 0.4) is 0 Å². The van der Waals surface area contributed by atoms with Gasteiger partial charge in [0.15, 0.2) is 18.0 Å². The molecular weight excluding hydrogens is 436 g/mol. The fourth-order valence-corrected chi connectivity index (χ4v) is 7.14. The molecule has 0 bridgehead atoms. The molecule has 2 fully saturated rings. The summed E-state index contributed by atoms with van der Waals surface area (Å²) < 4.78 is 11.1. The van der Waals surface area contributed by atoms with Crippen LogP contribution in [0.2, 0.25) is 0 Å². The number of carbonyl (C=O) groups is 5. The first-order chi connectivity index (χ1) is 16.0. The van der Waals surface area contributed by atoms with Gasteiger partial charge in [-0.25, -0.2) is 0 Å². The van der Waals surface area contributed by atoms with Gasteiger partial charge in [-0.2, -0.15) is 0 Å². The molecule has 4 aliphatic carbocycles. The maximum atomic E-state index is 13.8. The van der Waals surface area contributed by atoms with Crippen molar-refractivity contribution in [3.63, 3.8) is 0 Å². The molecule has 0 aromatic heterocycles. The summed E-state index contributed by atoms with van der Waals surface area (Å²) in [6.45, 7) is 6.78. The van der Waals surface area contributed by atoms with Crippen molar-refractivity contribution in [3.8, 4) is 0 Å². The van der Waals surface area contributed by atoms with Crippen LogP contribution in [-0.4, -0.2) is 41.5 Å². The SMILES string of the molecule is CCC(=O)OCC(=O)[C@]1(OC(=O)CC)CC[C@H]2[C@@H]3C=CC4=CC(=O)CC[C@]4(C)[C@H]3C(=O)C[C@@]21C. The fraction of sp³-hybridized carbons (Fsp3) is 0.667. The van der Waals surface area contributed by atoms with Gasteiger partial charge in [0.05, 0.1) is 0 Å². The lowest BCUT2D eigenvalue weighted by atomic mass is 9.47. The van der Waals surface area contributed by atoms with Gasteiger partial charge in [-0.3, -0.25) is 24.0 Å². The normalized spacial score (nSPS) is 38.4. The zero-order valence-corrected chi connectivity index (χ0v) is 20.5. The van der Waals surface area contributed by atoms with Crippen molar-refractivity contribution >= 4 is 29.3 Å². The van der Waals surface area contributed by atoms with Crippen molar-refractivity contribution in [2.24, 2.45) is 28.6 Å². The Hall–Kier alpha value is -2.57. The molecule has 0 spiro atoms. The zero-order chi connectivity index (χ0) is 24.9. The first-order valence-electron chi connectivity index (χ1n) is 12.4. The maximum Gasteiger partial charge on any atom is 0.306 e. The summed E-state index contributed by atoms with van der Waals surface area (Å²) in [5, 5.41) is 0. The van der Waals surface area contributed by atoms with Crippen LogP contribution >= 0.6 is 0 Å². The summed E-state index contributed by atoms with van der Waals surface area (Å²) in [5.41, 5.74) is -1.92. The molecule has 184 valence electrons. The average Bonchev–Trinajstić information content (AvgIpc) is 3.09. The van der Waals surface area contributed by atoms with Gasteiger partial charge in [0.2, 0.25) is 5.78 Å². The number of Topliss-reactive ketones (excluding diaryl/α,β-unsaturated/α-hetero) is 2. The lowest BCUT2D eigenvalue weighted by Crippen LogP contribution is -2.61. The summed E-state index contributed by atoms with van der Waals surface area (Å²) in [6.07, 6.45) is 7.98. The Labute approximate surface area is 200 Å². The average molecular weight is 471 g/mol. The Kier molecular flexibility index (Phi) is 6.19. The number of hydrogen-bond donors (Lipinski definition) is 0. The summed E-state index contributed by atoms with van der Waals surface area (Å²) in [6, 6.07) is 0. The van der Waals surface area contributed by atoms with E-state index >= 15 is 0 Å². The van der Waals surface area contributed by atoms with E-state index in [2.05, 4.69) is 6.92 Å². The highest BCUT2D eigenvalue weighted by Crippen LogP contribution is 2.66. The Morgan fingerprint density at radius 1 is 1.06 bits per heavy atom. The zero-order valence-electron chi connectivity index (χ0n) is 20.5. The number of ketones is 3. The van der Waals surface area contributed by atoms with Gasteiger partial charge in [0.1, 0.15) is 5.78 Å². The van der Waals surface area contributed by atoms with Gasteiger partial charge in [0, 0.05) is 42.4 Å². The van der Waals surface area contributed by atoms with E-state index in [9.17, 15) is 24.0 Å². The third-order valence-corrected chi connectivity index (χ3v) is 9.02. The Bertz CT molecular complexity index is 1010. The summed E-state index contributed by atoms with van der Waals surface area (Å²) in [5.74, 6) is -1.79. The minimum atomic E-state index is -1.51. The van der Waals surface area contributed by atoms with E-state index in [4.69, 9.17) is 9.47 Å². The molecule has 0 aromatic carbocycles. The van der Waals surface area contributed by atoms with Crippen LogP contribution in [0, 0.1) is 28.6 Å². The topological polar surface area (TPSA) is 104 Å². The van der Waals surface area contributed by atoms with Crippen molar-refractivity contribution in [1.82, 2.24) is 0 Å². The second-order valence-corrected chi connectivity index (χ2v) is 10.7. The van der Waals surface area contributed by atoms with Gasteiger partial charge in [-0.15, -0.1) is 0 Å². The molecule has 0 radical (unpaired) electrons. The molecule has 0 amide bonds. The molecule has 0 unspecified atom stereocenters. The molecule has 0 saturated heterocycles. The first-order valence-corrected chi connectivity index (χ1v) is 12.4. The quantitative estimate of drug-likeness (QED) is 0.545. The summed E-state index contributed by atoms with van der Waals surface area (Å²) in [4.78, 5) is 63.7. The fourth-order valence-electron chi connectivity index (χ4n) is 7.14. The van der Waals surface area contributed by atoms with E-state index in [0.29, 0.717) is 25.7 Å². The number of hydrogen-bond acceptors (Lipinski definition) is 7. The van der Waals surface area contributed by atoms with Crippen molar-refractivity contribution in [2.75, 3.05) is 6.61 Å². The highest BCUT2D eigenvalue weighted by atomic mass is 16.6. The molecule has 7 heteroatoms. The van der Waals surface area contributed by atoms with Crippen LogP contribution in [0.15, 0.2) is 23.8 Å². The van der Waals surface area contributed by atoms with Gasteiger partial charge < -0.3 is 9.47 Å². The molecule has 0 N–H and O–H groups in total. The van der Waals surface area contributed by atoms with Crippen LogP contribution < -0.4 is 0 Å². The molecule has 0 aromatic rings. The van der Waals surface area contributed by atoms with Crippen LogP contribution in [0.5, 0.6) is 0 Å². The molecule has 0 aliphatic heterocycles. The maximum absolute atomic E-state index is 13.8. The highest BCUT2D eigenvalue weighted by Gasteiger charge is 2.70. The number of fused-ring (bicyclic) bond motifs is 5. The van der Waals surface area contributed by atoms with Crippen LogP contribution in [0.25, 0.3) is 0 Å². The Balaban J connectivity index is 1.74. The monoisotopic (exact) mass is 470 g/mol. The molecular formula is C27H34O7. The van der Waals surface area contributed by atoms with Crippen LogP contribution in [0.4, 0.5) is 0 Å². The summed E-state index contributed by atoms with van der Waals surface area (Å²) >= 11 is 0. The van der Waals surface area contributed by atoms with E-state index in [0.717, 1.165) is 5.57 Å². The van der Waals surface area contributed by atoms with E-state index in [-0.39, 0.29) is 48.6 Å². The van der Waals surface area contributed by atoms with Gasteiger partial charge >= 0.3 is 11.9 Å². The smallest absolute Gasteiger partial charge is 0.306 e. The molecule has 2 saturated carbocycles. The standard InChI is InChI=1S/C27H34O7/c1-5-22(31)33-15-21(30)27(34-23(32)6-2)12-10-19-18-8-7-16-13-17(28)9-11-25(16,3)24(18)20(29)14-26(19,27)4/h7-8,13,18-19,24H,5-6,9-12,14-15H2,1-4H3/t18-,19-,24+,25-,26-,27+/m0/s1. The Morgan fingerprint density at radius 3 is 2.44 bits per heavy atom. The van der Waals surface area contributed by atoms with E-state index < -0.39 is 40.8 Å². The van der Waals surface area contributed by atoms with E-state index in [1.807, 2.05) is 19.1 Å². The van der Waals surface area contributed by atoms with Gasteiger partial charge in [-0.05, 0) is 42.7 Å². The molecule has 0 heterocycles. The lowest BCUT2D eigenvalue weighted by molar-refractivity contribution is -0.191. The van der Waals surface area contributed by atoms with Crippen molar-refractivity contribution < 1.29 is 33.4 Å².